The lowest BCUT2D eigenvalue weighted by Crippen LogP contribution is -2.48. The molecule has 1 fully saturated rings. The summed E-state index contributed by atoms with van der Waals surface area (Å²) >= 11 is 0. The highest BCUT2D eigenvalue weighted by atomic mass is 16.5. The van der Waals surface area contributed by atoms with E-state index in [2.05, 4.69) is 54.5 Å². The van der Waals surface area contributed by atoms with Crippen molar-refractivity contribution in [3.05, 3.63) is 54.6 Å². The molecule has 1 atom stereocenters. The lowest BCUT2D eigenvalue weighted by Gasteiger charge is -2.31. The number of nitrogens with zero attached hydrogens (tertiary/aromatic N) is 5. The van der Waals surface area contributed by atoms with Crippen molar-refractivity contribution in [3.63, 3.8) is 0 Å². The number of benzene rings is 1. The van der Waals surface area contributed by atoms with Gasteiger partial charge in [-0.3, -0.25) is 15.2 Å². The maximum atomic E-state index is 11.9. The van der Waals surface area contributed by atoms with E-state index >= 15 is 0 Å². The standard InChI is InChI=1S/C25H28N8O2/c1-3-35-25(34)32-24-30-21-12-18(11-20(22(21)31-24)23-27-7-4-8-28-23)17-5-6-19(29-13-17)15-33-10-9-26-16(2)14-33/h4-8,11-13,16,26H,3,9-10,14-15H2,1-2H3,(H2,30,31,32,34). The highest BCUT2D eigenvalue weighted by molar-refractivity contribution is 5.96. The van der Waals surface area contributed by atoms with E-state index < -0.39 is 6.09 Å². The number of H-pyrrole nitrogens is 1. The van der Waals surface area contributed by atoms with Crippen molar-refractivity contribution in [1.29, 1.82) is 0 Å². The van der Waals surface area contributed by atoms with Crippen molar-refractivity contribution in [1.82, 2.24) is 35.1 Å². The third kappa shape index (κ3) is 5.28. The van der Waals surface area contributed by atoms with Gasteiger partial charge in [0, 0.05) is 61.9 Å². The molecule has 3 aromatic heterocycles. The molecule has 1 unspecified atom stereocenters. The molecule has 0 spiro atoms. The van der Waals surface area contributed by atoms with Crippen LogP contribution < -0.4 is 10.6 Å². The van der Waals surface area contributed by atoms with Gasteiger partial charge in [0.15, 0.2) is 5.82 Å². The fourth-order valence-corrected chi connectivity index (χ4v) is 4.29. The second-order valence-electron chi connectivity index (χ2n) is 8.55. The fraction of sp³-hybridized carbons (Fsp3) is 0.320. The molecule has 5 rings (SSSR count). The van der Waals surface area contributed by atoms with Crippen LogP contribution in [0.15, 0.2) is 48.9 Å². The van der Waals surface area contributed by atoms with E-state index in [0.717, 1.165) is 54.1 Å². The van der Waals surface area contributed by atoms with Gasteiger partial charge in [-0.2, -0.15) is 0 Å². The van der Waals surface area contributed by atoms with Gasteiger partial charge in [-0.25, -0.2) is 19.7 Å². The zero-order valence-electron chi connectivity index (χ0n) is 19.8. The van der Waals surface area contributed by atoms with Crippen LogP contribution in [0.3, 0.4) is 0 Å². The highest BCUT2D eigenvalue weighted by Crippen LogP contribution is 2.32. The van der Waals surface area contributed by atoms with Gasteiger partial charge in [0.25, 0.3) is 0 Å². The maximum absolute atomic E-state index is 11.9. The molecule has 1 aromatic carbocycles. The van der Waals surface area contributed by atoms with Gasteiger partial charge in [0.1, 0.15) is 0 Å². The molecule has 3 N–H and O–H groups in total. The Hall–Kier alpha value is -3.89. The van der Waals surface area contributed by atoms with E-state index in [0.29, 0.717) is 23.3 Å². The Morgan fingerprint density at radius 3 is 2.80 bits per heavy atom. The third-order valence-electron chi connectivity index (χ3n) is 5.89. The van der Waals surface area contributed by atoms with Crippen molar-refractivity contribution >= 4 is 23.1 Å². The molecule has 1 aliphatic heterocycles. The summed E-state index contributed by atoms with van der Waals surface area (Å²) in [4.78, 5) is 35.6. The molecule has 1 aliphatic rings. The number of hydrogen-bond donors (Lipinski definition) is 3. The van der Waals surface area contributed by atoms with Crippen LogP contribution in [0.5, 0.6) is 0 Å². The second-order valence-corrected chi connectivity index (χ2v) is 8.55. The van der Waals surface area contributed by atoms with Crippen LogP contribution >= 0.6 is 0 Å². The largest absolute Gasteiger partial charge is 0.450 e. The van der Waals surface area contributed by atoms with Crippen molar-refractivity contribution in [2.45, 2.75) is 26.4 Å². The van der Waals surface area contributed by atoms with Gasteiger partial charge in [-0.15, -0.1) is 0 Å². The van der Waals surface area contributed by atoms with Crippen LogP contribution in [0.4, 0.5) is 10.7 Å². The molecule has 180 valence electrons. The third-order valence-corrected chi connectivity index (χ3v) is 5.89. The number of ether oxygens (including phenoxy) is 1. The zero-order chi connectivity index (χ0) is 24.2. The first kappa shape index (κ1) is 22.9. The summed E-state index contributed by atoms with van der Waals surface area (Å²) in [5.41, 5.74) is 5.12. The number of carbonyl (C=O) groups is 1. The molecule has 0 radical (unpaired) electrons. The van der Waals surface area contributed by atoms with Crippen molar-refractivity contribution in [3.8, 4) is 22.5 Å². The molecular formula is C25H28N8O2. The SMILES string of the molecule is CCOC(=O)Nc1nc2cc(-c3ccc(CN4CCNC(C)C4)nc3)cc(-c3ncccn3)c2[nH]1. The number of anilines is 1. The number of hydrogen-bond acceptors (Lipinski definition) is 8. The topological polar surface area (TPSA) is 121 Å². The molecule has 1 saturated heterocycles. The summed E-state index contributed by atoms with van der Waals surface area (Å²) in [6.07, 6.45) is 4.72. The van der Waals surface area contributed by atoms with E-state index in [9.17, 15) is 4.79 Å². The van der Waals surface area contributed by atoms with Crippen LogP contribution in [0.2, 0.25) is 0 Å². The first-order valence-electron chi connectivity index (χ1n) is 11.7. The van der Waals surface area contributed by atoms with E-state index in [1.165, 1.54) is 0 Å². The summed E-state index contributed by atoms with van der Waals surface area (Å²) in [6.45, 7) is 8.09. The Kier molecular flexibility index (Phi) is 6.64. The van der Waals surface area contributed by atoms with Gasteiger partial charge in [0.05, 0.1) is 23.3 Å². The van der Waals surface area contributed by atoms with E-state index in [-0.39, 0.29) is 6.61 Å². The number of pyridine rings is 1. The molecule has 0 aliphatic carbocycles. The van der Waals surface area contributed by atoms with Crippen LogP contribution in [-0.2, 0) is 11.3 Å². The molecule has 1 amide bonds. The minimum absolute atomic E-state index is 0.274. The van der Waals surface area contributed by atoms with Crippen molar-refractivity contribution in [2.75, 3.05) is 31.6 Å². The second kappa shape index (κ2) is 10.2. The molecular weight excluding hydrogens is 444 g/mol. The summed E-state index contributed by atoms with van der Waals surface area (Å²) < 4.78 is 4.97. The number of piperazine rings is 1. The smallest absolute Gasteiger partial charge is 0.413 e. The maximum Gasteiger partial charge on any atom is 0.413 e. The highest BCUT2D eigenvalue weighted by Gasteiger charge is 2.17. The van der Waals surface area contributed by atoms with E-state index in [1.807, 2.05) is 18.3 Å². The average Bonchev–Trinajstić information content (AvgIpc) is 3.27. The van der Waals surface area contributed by atoms with E-state index in [1.54, 1.807) is 25.4 Å². The monoisotopic (exact) mass is 472 g/mol. The first-order chi connectivity index (χ1) is 17.1. The molecule has 35 heavy (non-hydrogen) atoms. The van der Waals surface area contributed by atoms with Gasteiger partial charge < -0.3 is 15.0 Å². The zero-order valence-corrected chi connectivity index (χ0v) is 19.8. The lowest BCUT2D eigenvalue weighted by molar-refractivity contribution is 0.167. The van der Waals surface area contributed by atoms with Crippen molar-refractivity contribution < 1.29 is 9.53 Å². The molecule has 4 aromatic rings. The number of fused-ring (bicyclic) bond motifs is 1. The molecule has 10 nitrogen and oxygen atoms in total. The van der Waals surface area contributed by atoms with Crippen LogP contribution in [0, 0.1) is 0 Å². The van der Waals surface area contributed by atoms with E-state index in [4.69, 9.17) is 9.72 Å². The predicted molar refractivity (Wildman–Crippen MR) is 134 cm³/mol. The number of nitrogens with one attached hydrogen (secondary N) is 3. The molecule has 10 heteroatoms. The summed E-state index contributed by atoms with van der Waals surface area (Å²) in [6, 6.07) is 10.4. The van der Waals surface area contributed by atoms with Crippen LogP contribution in [0.1, 0.15) is 19.5 Å². The van der Waals surface area contributed by atoms with Gasteiger partial charge in [-0.05, 0) is 43.7 Å². The summed E-state index contributed by atoms with van der Waals surface area (Å²) in [5.74, 6) is 0.856. The average molecular weight is 473 g/mol. The number of carbonyl (C=O) groups excluding carboxylic acids is 1. The lowest BCUT2D eigenvalue weighted by atomic mass is 10.0. The predicted octanol–water partition coefficient (Wildman–Crippen LogP) is 3.44. The molecule has 0 bridgehead atoms. The Morgan fingerprint density at radius 1 is 1.20 bits per heavy atom. The quantitative estimate of drug-likeness (QED) is 0.390. The number of aromatic amines is 1. The summed E-state index contributed by atoms with van der Waals surface area (Å²) in [7, 11) is 0. The number of imidazole rings is 1. The normalized spacial score (nSPS) is 16.3. The summed E-state index contributed by atoms with van der Waals surface area (Å²) in [5, 5.41) is 6.10. The van der Waals surface area contributed by atoms with Crippen LogP contribution in [0.25, 0.3) is 33.5 Å². The number of amides is 1. The first-order valence-corrected chi connectivity index (χ1v) is 11.7. The fourth-order valence-electron chi connectivity index (χ4n) is 4.29. The number of aromatic nitrogens is 5. The minimum Gasteiger partial charge on any atom is -0.450 e. The Labute approximate surface area is 203 Å². The van der Waals surface area contributed by atoms with Gasteiger partial charge >= 0.3 is 6.09 Å². The Morgan fingerprint density at radius 2 is 2.06 bits per heavy atom. The molecule has 4 heterocycles. The molecule has 0 saturated carbocycles. The van der Waals surface area contributed by atoms with Crippen LogP contribution in [-0.4, -0.2) is 68.2 Å². The van der Waals surface area contributed by atoms with Crippen molar-refractivity contribution in [2.24, 2.45) is 0 Å². The minimum atomic E-state index is -0.567. The number of rotatable bonds is 6. The van der Waals surface area contributed by atoms with Gasteiger partial charge in [-0.1, -0.05) is 6.07 Å². The van der Waals surface area contributed by atoms with Gasteiger partial charge in [0.2, 0.25) is 5.95 Å². The Bertz CT molecular complexity index is 1310. The Balaban J connectivity index is 1.47.